The van der Waals surface area contributed by atoms with Crippen LogP contribution >= 0.6 is 23.1 Å². The number of amides is 2. The van der Waals surface area contributed by atoms with Crippen LogP contribution in [0.15, 0.2) is 24.3 Å². The van der Waals surface area contributed by atoms with Crippen LogP contribution in [0.2, 0.25) is 5.02 Å². The van der Waals surface area contributed by atoms with E-state index in [1.807, 2.05) is 18.2 Å². The molecule has 2 amide bonds. The van der Waals surface area contributed by atoms with Crippen molar-refractivity contribution in [3.05, 3.63) is 45.4 Å². The Bertz CT molecular complexity index is 815. The van der Waals surface area contributed by atoms with Crippen molar-refractivity contribution < 1.29 is 9.59 Å². The van der Waals surface area contributed by atoms with Crippen molar-refractivity contribution >= 4 is 40.6 Å². The number of rotatable bonds is 4. The van der Waals surface area contributed by atoms with E-state index in [9.17, 15) is 9.59 Å². The molecule has 3 N–H and O–H groups in total. The molecule has 8 heteroatoms. The minimum atomic E-state index is -0.412. The van der Waals surface area contributed by atoms with Crippen LogP contribution in [-0.4, -0.2) is 34.2 Å². The first-order chi connectivity index (χ1) is 12.5. The number of benzene rings is 1. The third kappa shape index (κ3) is 3.99. The molecule has 0 aliphatic carbocycles. The lowest BCUT2D eigenvalue weighted by Gasteiger charge is -2.29. The Balaban J connectivity index is 1.67. The van der Waals surface area contributed by atoms with Gasteiger partial charge in [0.1, 0.15) is 4.88 Å². The Kier molecular flexibility index (Phi) is 5.78. The lowest BCUT2D eigenvalue weighted by atomic mass is 9.99. The molecule has 0 atom stereocenters. The van der Waals surface area contributed by atoms with E-state index >= 15 is 0 Å². The number of nitrogens with two attached hydrogens (primary N) is 1. The molecule has 0 bridgehead atoms. The Morgan fingerprint density at radius 1 is 1.35 bits per heavy atom. The summed E-state index contributed by atoms with van der Waals surface area (Å²) in [6.45, 7) is 3.88. The van der Waals surface area contributed by atoms with Crippen molar-refractivity contribution in [2.45, 2.75) is 26.3 Å². The second kappa shape index (κ2) is 8.05. The SMILES string of the molecule is CC1CCN(C(=O)c2snc(C(=O)NCc3ccccc3Cl)c2N)CC1. The number of nitrogens with one attached hydrogen (secondary N) is 1. The highest BCUT2D eigenvalue weighted by Gasteiger charge is 2.27. The zero-order valence-electron chi connectivity index (χ0n) is 14.5. The van der Waals surface area contributed by atoms with Gasteiger partial charge in [-0.15, -0.1) is 0 Å². The Morgan fingerprint density at radius 2 is 2.04 bits per heavy atom. The third-order valence-electron chi connectivity index (χ3n) is 4.61. The van der Waals surface area contributed by atoms with Crippen LogP contribution in [0.25, 0.3) is 0 Å². The molecule has 138 valence electrons. The monoisotopic (exact) mass is 392 g/mol. The highest BCUT2D eigenvalue weighted by molar-refractivity contribution is 7.09. The summed E-state index contributed by atoms with van der Waals surface area (Å²) in [6, 6.07) is 7.27. The molecule has 0 spiro atoms. The van der Waals surface area contributed by atoms with Crippen LogP contribution in [0.4, 0.5) is 5.69 Å². The fraction of sp³-hybridized carbons (Fsp3) is 0.389. The van der Waals surface area contributed by atoms with Crippen molar-refractivity contribution in [2.75, 3.05) is 18.8 Å². The Labute approximate surface area is 161 Å². The number of aromatic nitrogens is 1. The minimum Gasteiger partial charge on any atom is -0.395 e. The van der Waals surface area contributed by atoms with Gasteiger partial charge in [-0.2, -0.15) is 4.37 Å². The molecule has 1 aliphatic rings. The van der Waals surface area contributed by atoms with Crippen LogP contribution in [0.3, 0.4) is 0 Å². The summed E-state index contributed by atoms with van der Waals surface area (Å²) in [5, 5.41) is 3.33. The maximum absolute atomic E-state index is 12.7. The fourth-order valence-corrected chi connectivity index (χ4v) is 3.84. The summed E-state index contributed by atoms with van der Waals surface area (Å²) in [4.78, 5) is 27.2. The predicted molar refractivity (Wildman–Crippen MR) is 103 cm³/mol. The second-order valence-electron chi connectivity index (χ2n) is 6.52. The molecule has 1 fully saturated rings. The molecule has 3 rings (SSSR count). The molecule has 0 saturated carbocycles. The maximum atomic E-state index is 12.7. The number of carbonyl (C=O) groups excluding carboxylic acids is 2. The normalized spacial score (nSPS) is 15.1. The molecule has 6 nitrogen and oxygen atoms in total. The lowest BCUT2D eigenvalue weighted by Crippen LogP contribution is -2.37. The Morgan fingerprint density at radius 3 is 2.73 bits per heavy atom. The smallest absolute Gasteiger partial charge is 0.273 e. The molecule has 2 aromatic rings. The van der Waals surface area contributed by atoms with Gasteiger partial charge in [-0.05, 0) is 41.9 Å². The number of halogens is 1. The summed E-state index contributed by atoms with van der Waals surface area (Å²) in [5.41, 5.74) is 7.09. The molecular weight excluding hydrogens is 372 g/mol. The summed E-state index contributed by atoms with van der Waals surface area (Å²) >= 11 is 7.07. The predicted octanol–water partition coefficient (Wildman–Crippen LogP) is 3.18. The number of likely N-dealkylation sites (tertiary alicyclic amines) is 1. The average molecular weight is 393 g/mol. The van der Waals surface area contributed by atoms with Gasteiger partial charge in [-0.25, -0.2) is 0 Å². The van der Waals surface area contributed by atoms with E-state index in [0.717, 1.165) is 29.9 Å². The molecule has 26 heavy (non-hydrogen) atoms. The van der Waals surface area contributed by atoms with Crippen LogP contribution < -0.4 is 11.1 Å². The first-order valence-electron chi connectivity index (χ1n) is 8.53. The van der Waals surface area contributed by atoms with E-state index in [2.05, 4.69) is 16.6 Å². The first-order valence-corrected chi connectivity index (χ1v) is 9.68. The number of anilines is 1. The van der Waals surface area contributed by atoms with Gasteiger partial charge in [0.2, 0.25) is 0 Å². The molecule has 1 aliphatic heterocycles. The highest BCUT2D eigenvalue weighted by Crippen LogP contribution is 2.26. The quantitative estimate of drug-likeness (QED) is 0.836. The molecule has 1 aromatic carbocycles. The van der Waals surface area contributed by atoms with E-state index in [1.54, 1.807) is 11.0 Å². The lowest BCUT2D eigenvalue weighted by molar-refractivity contribution is 0.0703. The standard InChI is InChI=1S/C18H21ClN4O2S/c1-11-6-8-23(9-7-11)18(25)16-14(20)15(22-26-16)17(24)21-10-12-4-2-3-5-13(12)19/h2-5,11H,6-10,20H2,1H3,(H,21,24). The number of nitrogen functional groups attached to an aromatic ring is 1. The summed E-state index contributed by atoms with van der Waals surface area (Å²) in [6.07, 6.45) is 1.96. The van der Waals surface area contributed by atoms with E-state index < -0.39 is 5.91 Å². The zero-order chi connectivity index (χ0) is 18.7. The van der Waals surface area contributed by atoms with Gasteiger partial charge < -0.3 is 16.0 Å². The molecule has 1 aromatic heterocycles. The minimum absolute atomic E-state index is 0.0933. The average Bonchev–Trinajstić information content (AvgIpc) is 3.02. The number of piperidine rings is 1. The largest absolute Gasteiger partial charge is 0.395 e. The van der Waals surface area contributed by atoms with Crippen molar-refractivity contribution in [2.24, 2.45) is 5.92 Å². The summed E-state index contributed by atoms with van der Waals surface area (Å²) in [7, 11) is 0. The van der Waals surface area contributed by atoms with Gasteiger partial charge in [0.25, 0.3) is 11.8 Å². The van der Waals surface area contributed by atoms with Crippen molar-refractivity contribution in [3.8, 4) is 0 Å². The third-order valence-corrected chi connectivity index (χ3v) is 5.83. The van der Waals surface area contributed by atoms with E-state index in [0.29, 0.717) is 28.9 Å². The zero-order valence-corrected chi connectivity index (χ0v) is 16.1. The van der Waals surface area contributed by atoms with Crippen LogP contribution in [0.5, 0.6) is 0 Å². The fourth-order valence-electron chi connectivity index (χ4n) is 2.87. The van der Waals surface area contributed by atoms with Crippen molar-refractivity contribution in [1.29, 1.82) is 0 Å². The number of nitrogens with zero attached hydrogens (tertiary/aromatic N) is 2. The van der Waals surface area contributed by atoms with Crippen LogP contribution in [0.1, 0.15) is 45.5 Å². The van der Waals surface area contributed by atoms with Gasteiger partial charge in [-0.3, -0.25) is 9.59 Å². The van der Waals surface area contributed by atoms with E-state index in [4.69, 9.17) is 17.3 Å². The number of carbonyl (C=O) groups is 2. The maximum Gasteiger partial charge on any atom is 0.273 e. The Hall–Kier alpha value is -2.12. The molecule has 1 saturated heterocycles. The number of hydrogen-bond acceptors (Lipinski definition) is 5. The van der Waals surface area contributed by atoms with Gasteiger partial charge in [-0.1, -0.05) is 36.7 Å². The van der Waals surface area contributed by atoms with Gasteiger partial charge in [0.15, 0.2) is 5.69 Å². The highest BCUT2D eigenvalue weighted by atomic mass is 35.5. The molecular formula is C18H21ClN4O2S. The van der Waals surface area contributed by atoms with Gasteiger partial charge in [0.05, 0.1) is 5.69 Å². The van der Waals surface area contributed by atoms with Gasteiger partial charge >= 0.3 is 0 Å². The van der Waals surface area contributed by atoms with Gasteiger partial charge in [0, 0.05) is 24.7 Å². The summed E-state index contributed by atoms with van der Waals surface area (Å²) in [5.74, 6) is 0.0750. The second-order valence-corrected chi connectivity index (χ2v) is 7.70. The van der Waals surface area contributed by atoms with E-state index in [1.165, 1.54) is 0 Å². The van der Waals surface area contributed by atoms with Crippen LogP contribution in [-0.2, 0) is 6.54 Å². The first kappa shape index (κ1) is 18.7. The summed E-state index contributed by atoms with van der Waals surface area (Å²) < 4.78 is 4.11. The van der Waals surface area contributed by atoms with Crippen LogP contribution in [0, 0.1) is 5.92 Å². The van der Waals surface area contributed by atoms with Crippen molar-refractivity contribution in [1.82, 2.24) is 14.6 Å². The topological polar surface area (TPSA) is 88.3 Å². The van der Waals surface area contributed by atoms with Crippen molar-refractivity contribution in [3.63, 3.8) is 0 Å². The number of hydrogen-bond donors (Lipinski definition) is 2. The molecule has 0 unspecified atom stereocenters. The molecule has 2 heterocycles. The molecule has 0 radical (unpaired) electrons. The van der Waals surface area contributed by atoms with E-state index in [-0.39, 0.29) is 23.8 Å².